The van der Waals surface area contributed by atoms with Crippen LogP contribution in [0.1, 0.15) is 12.6 Å². The Bertz CT molecular complexity index is 663. The third kappa shape index (κ3) is 2.95. The zero-order valence-electron chi connectivity index (χ0n) is 9.20. The number of aromatic nitrogens is 2. The van der Waals surface area contributed by atoms with E-state index >= 15 is 0 Å². The van der Waals surface area contributed by atoms with Gasteiger partial charge in [-0.25, -0.2) is 8.42 Å². The molecule has 0 spiro atoms. The molecule has 18 heavy (non-hydrogen) atoms. The summed E-state index contributed by atoms with van der Waals surface area (Å²) < 4.78 is 28.0. The first kappa shape index (κ1) is 14.0. The summed E-state index contributed by atoms with van der Waals surface area (Å²) in [6, 6.07) is 3.22. The fourth-order valence-corrected chi connectivity index (χ4v) is 6.10. The maximum Gasteiger partial charge on any atom is 0.265 e. The predicted molar refractivity (Wildman–Crippen MR) is 78.5 cm³/mol. The van der Waals surface area contributed by atoms with E-state index in [1.54, 1.807) is 12.1 Å². The number of nitrogens with zero attached hydrogens (tertiary/aromatic N) is 1. The smallest absolute Gasteiger partial charge is 0.265 e. The maximum atomic E-state index is 12.1. The highest BCUT2D eigenvalue weighted by Crippen LogP contribution is 2.35. The monoisotopic (exact) mass is 413 g/mol. The molecule has 2 heterocycles. The number of anilines is 1. The molecule has 0 bridgehead atoms. The number of aromatic amines is 1. The summed E-state index contributed by atoms with van der Waals surface area (Å²) in [5.41, 5.74) is 0.873. The van der Waals surface area contributed by atoms with Crippen LogP contribution >= 0.6 is 43.2 Å². The number of hydrogen-bond donors (Lipinski definition) is 2. The SMILES string of the molecule is CCc1cc(NS(=O)(=O)c2cc(Br)sc2Br)n[nH]1. The van der Waals surface area contributed by atoms with Crippen molar-refractivity contribution >= 4 is 59.0 Å². The van der Waals surface area contributed by atoms with Gasteiger partial charge in [0.1, 0.15) is 4.90 Å². The van der Waals surface area contributed by atoms with Crippen LogP contribution in [0.25, 0.3) is 0 Å². The van der Waals surface area contributed by atoms with E-state index in [1.807, 2.05) is 6.92 Å². The van der Waals surface area contributed by atoms with Crippen molar-refractivity contribution in [2.75, 3.05) is 4.72 Å². The minimum absolute atomic E-state index is 0.195. The largest absolute Gasteiger partial charge is 0.280 e. The maximum absolute atomic E-state index is 12.1. The van der Waals surface area contributed by atoms with Crippen molar-refractivity contribution in [1.29, 1.82) is 0 Å². The van der Waals surface area contributed by atoms with E-state index in [9.17, 15) is 8.42 Å². The Morgan fingerprint density at radius 2 is 2.17 bits per heavy atom. The van der Waals surface area contributed by atoms with Gasteiger partial charge in [-0.3, -0.25) is 9.82 Å². The lowest BCUT2D eigenvalue weighted by atomic mass is 10.3. The number of rotatable bonds is 4. The first-order chi connectivity index (χ1) is 8.42. The molecule has 0 aliphatic rings. The highest BCUT2D eigenvalue weighted by atomic mass is 79.9. The van der Waals surface area contributed by atoms with E-state index in [-0.39, 0.29) is 4.90 Å². The first-order valence-electron chi connectivity index (χ1n) is 4.94. The molecule has 0 saturated carbocycles. The number of aryl methyl sites for hydroxylation is 1. The molecule has 0 amide bonds. The molecule has 2 aromatic rings. The van der Waals surface area contributed by atoms with Crippen LogP contribution in [0.5, 0.6) is 0 Å². The number of hydrogen-bond acceptors (Lipinski definition) is 4. The van der Waals surface area contributed by atoms with Crippen LogP contribution in [-0.2, 0) is 16.4 Å². The molecule has 0 atom stereocenters. The molecule has 5 nitrogen and oxygen atoms in total. The molecule has 2 aromatic heterocycles. The predicted octanol–water partition coefficient (Wildman–Crippen LogP) is 3.36. The summed E-state index contributed by atoms with van der Waals surface area (Å²) in [5.74, 6) is 0.293. The summed E-state index contributed by atoms with van der Waals surface area (Å²) in [7, 11) is -3.62. The van der Waals surface area contributed by atoms with E-state index < -0.39 is 10.0 Å². The van der Waals surface area contributed by atoms with Gasteiger partial charge < -0.3 is 0 Å². The summed E-state index contributed by atoms with van der Waals surface area (Å²) in [5, 5.41) is 6.65. The second-order valence-corrected chi connectivity index (χ2v) is 8.83. The van der Waals surface area contributed by atoms with Gasteiger partial charge in [0.15, 0.2) is 5.82 Å². The Balaban J connectivity index is 2.29. The minimum Gasteiger partial charge on any atom is -0.280 e. The molecule has 0 radical (unpaired) electrons. The summed E-state index contributed by atoms with van der Waals surface area (Å²) >= 11 is 7.78. The average molecular weight is 415 g/mol. The van der Waals surface area contributed by atoms with E-state index in [0.29, 0.717) is 9.60 Å². The van der Waals surface area contributed by atoms with Gasteiger partial charge in [-0.2, -0.15) is 5.10 Å². The third-order valence-electron chi connectivity index (χ3n) is 2.17. The Morgan fingerprint density at radius 1 is 1.44 bits per heavy atom. The van der Waals surface area contributed by atoms with Gasteiger partial charge in [-0.15, -0.1) is 11.3 Å². The molecule has 0 aliphatic heterocycles. The zero-order chi connectivity index (χ0) is 13.3. The Kier molecular flexibility index (Phi) is 4.15. The lowest BCUT2D eigenvalue weighted by Crippen LogP contribution is -2.12. The molecule has 2 rings (SSSR count). The molecule has 0 fully saturated rings. The quantitative estimate of drug-likeness (QED) is 0.805. The van der Waals surface area contributed by atoms with E-state index in [0.717, 1.165) is 15.9 Å². The molecule has 9 heteroatoms. The van der Waals surface area contributed by atoms with Crippen LogP contribution in [0.2, 0.25) is 0 Å². The topological polar surface area (TPSA) is 74.8 Å². The Labute approximate surface area is 125 Å². The molecular weight excluding hydrogens is 406 g/mol. The zero-order valence-corrected chi connectivity index (χ0v) is 14.0. The third-order valence-corrected chi connectivity index (χ3v) is 6.28. The Hall–Kier alpha value is -0.380. The number of thiophene rings is 1. The van der Waals surface area contributed by atoms with Crippen LogP contribution in [0, 0.1) is 0 Å². The first-order valence-corrected chi connectivity index (χ1v) is 8.83. The average Bonchev–Trinajstić information content (AvgIpc) is 2.84. The van der Waals surface area contributed by atoms with E-state index in [4.69, 9.17) is 0 Å². The highest BCUT2D eigenvalue weighted by Gasteiger charge is 2.21. The number of halogens is 2. The van der Waals surface area contributed by atoms with Crippen LogP contribution in [-0.4, -0.2) is 18.6 Å². The van der Waals surface area contributed by atoms with Gasteiger partial charge in [0.25, 0.3) is 10.0 Å². The molecule has 0 aromatic carbocycles. The van der Waals surface area contributed by atoms with Crippen molar-refractivity contribution in [3.8, 4) is 0 Å². The number of sulfonamides is 1. The Morgan fingerprint density at radius 3 is 2.67 bits per heavy atom. The highest BCUT2D eigenvalue weighted by molar-refractivity contribution is 9.12. The lowest BCUT2D eigenvalue weighted by Gasteiger charge is -2.03. The van der Waals surface area contributed by atoms with Crippen molar-refractivity contribution in [1.82, 2.24) is 10.2 Å². The van der Waals surface area contributed by atoms with Crippen LogP contribution in [0.4, 0.5) is 5.82 Å². The molecule has 98 valence electrons. The van der Waals surface area contributed by atoms with Crippen LogP contribution in [0.15, 0.2) is 24.6 Å². The van der Waals surface area contributed by atoms with Gasteiger partial charge in [-0.1, -0.05) is 6.92 Å². The normalized spacial score (nSPS) is 11.7. The van der Waals surface area contributed by atoms with Gasteiger partial charge in [0.2, 0.25) is 0 Å². The van der Waals surface area contributed by atoms with Crippen molar-refractivity contribution in [3.63, 3.8) is 0 Å². The summed E-state index contributed by atoms with van der Waals surface area (Å²) in [4.78, 5) is 0.195. The molecule has 0 unspecified atom stereocenters. The van der Waals surface area contributed by atoms with Crippen molar-refractivity contribution in [3.05, 3.63) is 25.4 Å². The van der Waals surface area contributed by atoms with E-state index in [2.05, 4.69) is 46.8 Å². The van der Waals surface area contributed by atoms with Crippen molar-refractivity contribution in [2.24, 2.45) is 0 Å². The van der Waals surface area contributed by atoms with Crippen LogP contribution < -0.4 is 4.72 Å². The van der Waals surface area contributed by atoms with Crippen molar-refractivity contribution < 1.29 is 8.42 Å². The number of H-pyrrole nitrogens is 1. The lowest BCUT2D eigenvalue weighted by molar-refractivity contribution is 0.601. The summed E-state index contributed by atoms with van der Waals surface area (Å²) in [6.07, 6.45) is 0.766. The second-order valence-electron chi connectivity index (χ2n) is 3.43. The molecular formula is C9H9Br2N3O2S2. The van der Waals surface area contributed by atoms with Crippen molar-refractivity contribution in [2.45, 2.75) is 18.2 Å². The standard InChI is InChI=1S/C9H9Br2N3O2S2/c1-2-5-3-8(13-12-5)14-18(15,16)6-4-7(10)17-9(6)11/h3-4H,2H2,1H3,(H2,12,13,14). The van der Waals surface area contributed by atoms with Gasteiger partial charge >= 0.3 is 0 Å². The molecule has 0 saturated heterocycles. The van der Waals surface area contributed by atoms with Gasteiger partial charge in [-0.05, 0) is 44.3 Å². The van der Waals surface area contributed by atoms with Gasteiger partial charge in [0, 0.05) is 11.8 Å². The second kappa shape index (κ2) is 5.32. The van der Waals surface area contributed by atoms with Gasteiger partial charge in [0.05, 0.1) is 7.57 Å². The summed E-state index contributed by atoms with van der Waals surface area (Å²) in [6.45, 7) is 1.96. The van der Waals surface area contributed by atoms with Crippen LogP contribution in [0.3, 0.4) is 0 Å². The fraction of sp³-hybridized carbons (Fsp3) is 0.222. The fourth-order valence-electron chi connectivity index (χ4n) is 1.30. The molecule has 2 N–H and O–H groups in total. The van der Waals surface area contributed by atoms with E-state index in [1.165, 1.54) is 11.3 Å². The minimum atomic E-state index is -3.62. The number of nitrogens with one attached hydrogen (secondary N) is 2. The molecule has 0 aliphatic carbocycles.